The predicted molar refractivity (Wildman–Crippen MR) is 118 cm³/mol. The fourth-order valence-corrected chi connectivity index (χ4v) is 4.24. The summed E-state index contributed by atoms with van der Waals surface area (Å²) in [5, 5.41) is 4.29. The highest BCUT2D eigenvalue weighted by Gasteiger charge is 2.29. The fraction of sp³-hybridized carbons (Fsp3) is 0.320. The van der Waals surface area contributed by atoms with Crippen LogP contribution in [0.5, 0.6) is 0 Å². The van der Waals surface area contributed by atoms with Crippen LogP contribution < -0.4 is 5.43 Å². The van der Waals surface area contributed by atoms with E-state index < -0.39 is 17.2 Å². The Hall–Kier alpha value is -3.35. The number of para-hydroxylation sites is 1. The Kier molecular flexibility index (Phi) is 6.44. The van der Waals surface area contributed by atoms with E-state index in [-0.39, 0.29) is 29.8 Å². The molecule has 0 saturated heterocycles. The minimum Gasteiger partial charge on any atom is -0.330 e. The van der Waals surface area contributed by atoms with Gasteiger partial charge in [0.1, 0.15) is 17.3 Å². The van der Waals surface area contributed by atoms with Crippen molar-refractivity contribution in [3.63, 3.8) is 0 Å². The van der Waals surface area contributed by atoms with Crippen LogP contribution in [0.25, 0.3) is 5.69 Å². The molecule has 1 heterocycles. The summed E-state index contributed by atoms with van der Waals surface area (Å²) in [4.78, 5) is 28.0. The highest BCUT2D eigenvalue weighted by Crippen LogP contribution is 2.25. The van der Waals surface area contributed by atoms with Gasteiger partial charge in [-0.2, -0.15) is 5.10 Å². The van der Waals surface area contributed by atoms with Crippen LogP contribution in [-0.4, -0.2) is 26.6 Å². The van der Waals surface area contributed by atoms with E-state index in [2.05, 4.69) is 5.10 Å². The molecule has 5 nitrogen and oxygen atoms in total. The maximum absolute atomic E-state index is 14.4. The average molecular weight is 437 g/mol. The molecule has 0 aliphatic heterocycles. The van der Waals surface area contributed by atoms with Gasteiger partial charge in [0, 0.05) is 24.3 Å². The molecule has 7 heteroatoms. The number of nitrogens with zero attached hydrogens (tertiary/aromatic N) is 3. The van der Waals surface area contributed by atoms with Gasteiger partial charge in [0.25, 0.3) is 5.91 Å². The molecule has 3 aromatic rings. The van der Waals surface area contributed by atoms with Crippen molar-refractivity contribution in [1.82, 2.24) is 14.7 Å². The lowest BCUT2D eigenvalue weighted by Gasteiger charge is -2.34. The molecule has 0 radical (unpaired) electrons. The van der Waals surface area contributed by atoms with E-state index in [1.165, 1.54) is 28.9 Å². The largest absolute Gasteiger partial charge is 0.330 e. The molecule has 0 N–H and O–H groups in total. The number of halogens is 2. The molecule has 2 aromatic carbocycles. The van der Waals surface area contributed by atoms with E-state index in [0.717, 1.165) is 37.7 Å². The molecule has 1 aliphatic carbocycles. The molecule has 0 spiro atoms. The number of hydrogen-bond acceptors (Lipinski definition) is 3. The fourth-order valence-electron chi connectivity index (χ4n) is 4.24. The smallest absolute Gasteiger partial charge is 0.278 e. The molecule has 1 aromatic heterocycles. The van der Waals surface area contributed by atoms with E-state index in [1.54, 1.807) is 42.2 Å². The first kappa shape index (κ1) is 21.9. The molecule has 0 atom stereocenters. The Balaban J connectivity index is 1.74. The lowest BCUT2D eigenvalue weighted by molar-refractivity contribution is 0.0604. The quantitative estimate of drug-likeness (QED) is 0.577. The van der Waals surface area contributed by atoms with Crippen LogP contribution in [0.1, 0.15) is 53.8 Å². The molecule has 166 valence electrons. The summed E-state index contributed by atoms with van der Waals surface area (Å²) in [5.41, 5.74) is 0.625. The van der Waals surface area contributed by atoms with Crippen molar-refractivity contribution >= 4 is 5.91 Å². The van der Waals surface area contributed by atoms with Gasteiger partial charge < -0.3 is 4.90 Å². The number of benzene rings is 2. The second-order valence-corrected chi connectivity index (χ2v) is 8.21. The zero-order valence-electron chi connectivity index (χ0n) is 17.9. The van der Waals surface area contributed by atoms with Gasteiger partial charge in [0.15, 0.2) is 5.69 Å². The molecule has 1 amide bonds. The first-order valence-corrected chi connectivity index (χ1v) is 10.9. The maximum atomic E-state index is 14.4. The average Bonchev–Trinajstić information content (AvgIpc) is 2.80. The van der Waals surface area contributed by atoms with Crippen molar-refractivity contribution in [3.05, 3.63) is 93.4 Å². The third kappa shape index (κ3) is 4.61. The second kappa shape index (κ2) is 9.42. The summed E-state index contributed by atoms with van der Waals surface area (Å²) in [5.74, 6) is -1.34. The molecule has 1 aliphatic rings. The highest BCUT2D eigenvalue weighted by molar-refractivity contribution is 5.92. The maximum Gasteiger partial charge on any atom is 0.278 e. The standard InChI is InChI=1S/C25H25F2N3O2/c1-17-15-23(31)24(28-30(17)22-10-6-5-9-21(22)27)25(32)29(20-7-3-2-4-8-20)16-18-11-13-19(26)14-12-18/h5-6,9-15,20H,2-4,7-8,16H2,1H3. The van der Waals surface area contributed by atoms with Crippen LogP contribution in [-0.2, 0) is 6.54 Å². The van der Waals surface area contributed by atoms with E-state index in [4.69, 9.17) is 0 Å². The lowest BCUT2D eigenvalue weighted by Crippen LogP contribution is -2.43. The number of carbonyl (C=O) groups is 1. The minimum absolute atomic E-state index is 0.0364. The van der Waals surface area contributed by atoms with Gasteiger partial charge in [-0.15, -0.1) is 0 Å². The minimum atomic E-state index is -0.500. The topological polar surface area (TPSA) is 55.2 Å². The summed E-state index contributed by atoms with van der Waals surface area (Å²) < 4.78 is 29.1. The molecule has 4 rings (SSSR count). The summed E-state index contributed by atoms with van der Waals surface area (Å²) in [6.07, 6.45) is 4.77. The normalized spacial score (nSPS) is 14.3. The van der Waals surface area contributed by atoms with Crippen molar-refractivity contribution in [2.24, 2.45) is 0 Å². The Morgan fingerprint density at radius 3 is 2.44 bits per heavy atom. The number of aryl methyl sites for hydroxylation is 1. The second-order valence-electron chi connectivity index (χ2n) is 8.21. The van der Waals surface area contributed by atoms with Crippen LogP contribution in [0.15, 0.2) is 59.4 Å². The van der Waals surface area contributed by atoms with Crippen molar-refractivity contribution in [3.8, 4) is 5.69 Å². The highest BCUT2D eigenvalue weighted by atomic mass is 19.1. The molecule has 0 unspecified atom stereocenters. The van der Waals surface area contributed by atoms with E-state index in [0.29, 0.717) is 5.69 Å². The van der Waals surface area contributed by atoms with Crippen molar-refractivity contribution < 1.29 is 13.6 Å². The van der Waals surface area contributed by atoms with Gasteiger partial charge in [-0.05, 0) is 49.6 Å². The van der Waals surface area contributed by atoms with E-state index in [1.807, 2.05) is 0 Å². The monoisotopic (exact) mass is 437 g/mol. The van der Waals surface area contributed by atoms with Crippen molar-refractivity contribution in [2.75, 3.05) is 0 Å². The molecular formula is C25H25F2N3O2. The number of aromatic nitrogens is 2. The van der Waals surface area contributed by atoms with Crippen molar-refractivity contribution in [2.45, 2.75) is 51.6 Å². The summed E-state index contributed by atoms with van der Waals surface area (Å²) in [7, 11) is 0. The van der Waals surface area contributed by atoms with Crippen LogP contribution in [0.3, 0.4) is 0 Å². The van der Waals surface area contributed by atoms with E-state index in [9.17, 15) is 18.4 Å². The molecule has 1 saturated carbocycles. The SMILES string of the molecule is Cc1cc(=O)c(C(=O)N(Cc2ccc(F)cc2)C2CCCCC2)nn1-c1ccccc1F. The first-order valence-electron chi connectivity index (χ1n) is 10.9. The zero-order chi connectivity index (χ0) is 22.7. The Morgan fingerprint density at radius 1 is 1.06 bits per heavy atom. The summed E-state index contributed by atoms with van der Waals surface area (Å²) in [6.45, 7) is 1.89. The molecule has 32 heavy (non-hydrogen) atoms. The van der Waals surface area contributed by atoms with Crippen LogP contribution >= 0.6 is 0 Å². The zero-order valence-corrected chi connectivity index (χ0v) is 17.9. The van der Waals surface area contributed by atoms with E-state index >= 15 is 0 Å². The predicted octanol–water partition coefficient (Wildman–Crippen LogP) is 4.79. The molecule has 0 bridgehead atoms. The molecule has 1 fully saturated rings. The number of amides is 1. The van der Waals surface area contributed by atoms with Crippen LogP contribution in [0, 0.1) is 18.6 Å². The van der Waals surface area contributed by atoms with Crippen LogP contribution in [0.2, 0.25) is 0 Å². The third-order valence-electron chi connectivity index (χ3n) is 5.93. The lowest BCUT2D eigenvalue weighted by atomic mass is 9.93. The van der Waals surface area contributed by atoms with Gasteiger partial charge in [-0.1, -0.05) is 43.5 Å². The number of carbonyl (C=O) groups excluding carboxylic acids is 1. The Bertz CT molecular complexity index is 1170. The van der Waals surface area contributed by atoms with Gasteiger partial charge in [-0.25, -0.2) is 13.5 Å². The summed E-state index contributed by atoms with van der Waals surface area (Å²) >= 11 is 0. The summed E-state index contributed by atoms with van der Waals surface area (Å²) in [6, 6.07) is 13.3. The Labute approximate surface area is 185 Å². The van der Waals surface area contributed by atoms with Gasteiger partial charge >= 0.3 is 0 Å². The Morgan fingerprint density at radius 2 is 1.75 bits per heavy atom. The first-order chi connectivity index (χ1) is 15.4. The van der Waals surface area contributed by atoms with Gasteiger partial charge in [-0.3, -0.25) is 9.59 Å². The van der Waals surface area contributed by atoms with Gasteiger partial charge in [0.05, 0.1) is 0 Å². The third-order valence-corrected chi connectivity index (χ3v) is 5.93. The number of hydrogen-bond donors (Lipinski definition) is 0. The number of rotatable bonds is 5. The van der Waals surface area contributed by atoms with Crippen molar-refractivity contribution in [1.29, 1.82) is 0 Å². The van der Waals surface area contributed by atoms with Crippen LogP contribution in [0.4, 0.5) is 8.78 Å². The molecular weight excluding hydrogens is 412 g/mol. The van der Waals surface area contributed by atoms with Gasteiger partial charge in [0.2, 0.25) is 5.43 Å².